The van der Waals surface area contributed by atoms with E-state index in [2.05, 4.69) is 5.32 Å². The number of hydrogen-bond donors (Lipinski definition) is 1. The molecule has 0 fully saturated rings. The van der Waals surface area contributed by atoms with E-state index in [1.807, 2.05) is 24.3 Å². The first-order valence-corrected chi connectivity index (χ1v) is 8.36. The van der Waals surface area contributed by atoms with E-state index in [1.165, 1.54) is 18.2 Å². The van der Waals surface area contributed by atoms with Gasteiger partial charge in [0.25, 0.3) is 5.69 Å². The van der Waals surface area contributed by atoms with Gasteiger partial charge in [-0.05, 0) is 29.8 Å². The van der Waals surface area contributed by atoms with Gasteiger partial charge in [0, 0.05) is 26.1 Å². The molecule has 0 atom stereocenters. The summed E-state index contributed by atoms with van der Waals surface area (Å²) >= 11 is 0. The number of carbonyl (C=O) groups is 1. The number of anilines is 1. The molecule has 0 radical (unpaired) electrons. The van der Waals surface area contributed by atoms with Crippen molar-refractivity contribution in [1.82, 2.24) is 0 Å². The van der Waals surface area contributed by atoms with Crippen LogP contribution in [0.15, 0.2) is 42.5 Å². The molecular formula is C19H22N2O6. The van der Waals surface area contributed by atoms with Crippen LogP contribution in [0.4, 0.5) is 11.4 Å². The highest BCUT2D eigenvalue weighted by molar-refractivity contribution is 5.91. The summed E-state index contributed by atoms with van der Waals surface area (Å²) in [5.41, 5.74) is 1.27. The molecular weight excluding hydrogens is 352 g/mol. The lowest BCUT2D eigenvalue weighted by Crippen LogP contribution is -2.11. The molecule has 2 rings (SSSR count). The molecule has 0 bridgehead atoms. The Kier molecular flexibility index (Phi) is 7.57. The maximum Gasteiger partial charge on any atom is 0.338 e. The number of esters is 1. The molecule has 0 aliphatic carbocycles. The predicted octanol–water partition coefficient (Wildman–Crippen LogP) is 3.06. The largest absolute Gasteiger partial charge is 0.497 e. The first-order chi connectivity index (χ1) is 13.0. The van der Waals surface area contributed by atoms with Gasteiger partial charge in [-0.15, -0.1) is 0 Å². The smallest absolute Gasteiger partial charge is 0.338 e. The molecule has 0 aromatic heterocycles. The number of nitro groups is 1. The van der Waals surface area contributed by atoms with E-state index in [9.17, 15) is 14.9 Å². The number of ether oxygens (including phenoxy) is 3. The van der Waals surface area contributed by atoms with Crippen molar-refractivity contribution >= 4 is 17.3 Å². The van der Waals surface area contributed by atoms with Gasteiger partial charge in [-0.25, -0.2) is 4.79 Å². The molecule has 8 heteroatoms. The van der Waals surface area contributed by atoms with Crippen molar-refractivity contribution in [3.63, 3.8) is 0 Å². The van der Waals surface area contributed by atoms with Crippen molar-refractivity contribution in [2.24, 2.45) is 0 Å². The average Bonchev–Trinajstić information content (AvgIpc) is 2.68. The number of benzene rings is 2. The summed E-state index contributed by atoms with van der Waals surface area (Å²) in [7, 11) is 3.13. The van der Waals surface area contributed by atoms with Crippen LogP contribution in [0.5, 0.6) is 5.75 Å². The first-order valence-electron chi connectivity index (χ1n) is 8.36. The Morgan fingerprint density at radius 3 is 2.48 bits per heavy atom. The molecule has 0 unspecified atom stereocenters. The third-order valence-electron chi connectivity index (χ3n) is 3.83. The van der Waals surface area contributed by atoms with Crippen LogP contribution in [0, 0.1) is 10.1 Å². The van der Waals surface area contributed by atoms with Gasteiger partial charge >= 0.3 is 5.97 Å². The fourth-order valence-corrected chi connectivity index (χ4v) is 2.38. The number of nitrogens with one attached hydrogen (secondary N) is 1. The van der Waals surface area contributed by atoms with Crippen molar-refractivity contribution in [1.29, 1.82) is 0 Å². The van der Waals surface area contributed by atoms with E-state index in [1.54, 1.807) is 14.2 Å². The van der Waals surface area contributed by atoms with Crippen LogP contribution in [0.25, 0.3) is 0 Å². The standard InChI is InChI=1S/C19H22N2O6/c1-25-12-10-20-17-8-5-15(13-18(17)21(23)24)19(22)27-11-9-14-3-6-16(26-2)7-4-14/h3-8,13,20H,9-12H2,1-2H3. The Morgan fingerprint density at radius 1 is 1.11 bits per heavy atom. The number of nitrogens with zero attached hydrogens (tertiary/aromatic N) is 1. The lowest BCUT2D eigenvalue weighted by atomic mass is 10.1. The quantitative estimate of drug-likeness (QED) is 0.295. The van der Waals surface area contributed by atoms with Crippen LogP contribution in [-0.2, 0) is 15.9 Å². The molecule has 0 aliphatic rings. The third-order valence-corrected chi connectivity index (χ3v) is 3.83. The third kappa shape index (κ3) is 5.96. The van der Waals surface area contributed by atoms with E-state index >= 15 is 0 Å². The van der Waals surface area contributed by atoms with Crippen molar-refractivity contribution in [3.05, 3.63) is 63.7 Å². The second-order valence-corrected chi connectivity index (χ2v) is 5.64. The van der Waals surface area contributed by atoms with Crippen LogP contribution in [0.2, 0.25) is 0 Å². The summed E-state index contributed by atoms with van der Waals surface area (Å²) in [6.07, 6.45) is 0.536. The number of rotatable bonds is 10. The van der Waals surface area contributed by atoms with E-state index in [4.69, 9.17) is 14.2 Å². The van der Waals surface area contributed by atoms with Gasteiger partial charge in [0.15, 0.2) is 0 Å². The van der Waals surface area contributed by atoms with Gasteiger partial charge in [0.2, 0.25) is 0 Å². The topological polar surface area (TPSA) is 99.9 Å². The van der Waals surface area contributed by atoms with E-state index in [0.29, 0.717) is 25.3 Å². The summed E-state index contributed by atoms with van der Waals surface area (Å²) < 4.78 is 15.2. The second kappa shape index (κ2) is 10.1. The average molecular weight is 374 g/mol. The maximum absolute atomic E-state index is 12.2. The second-order valence-electron chi connectivity index (χ2n) is 5.64. The van der Waals surface area contributed by atoms with Crippen LogP contribution >= 0.6 is 0 Å². The van der Waals surface area contributed by atoms with E-state index in [0.717, 1.165) is 11.3 Å². The monoisotopic (exact) mass is 374 g/mol. The first kappa shape index (κ1) is 20.2. The van der Waals surface area contributed by atoms with Crippen LogP contribution in [-0.4, -0.2) is 44.9 Å². The zero-order chi connectivity index (χ0) is 19.6. The molecule has 8 nitrogen and oxygen atoms in total. The molecule has 1 N–H and O–H groups in total. The molecule has 2 aromatic rings. The zero-order valence-electron chi connectivity index (χ0n) is 15.3. The Hall–Kier alpha value is -3.13. The summed E-state index contributed by atoms with van der Waals surface area (Å²) in [6, 6.07) is 11.6. The highest BCUT2D eigenvalue weighted by Gasteiger charge is 2.18. The Bertz CT molecular complexity index is 776. The Balaban J connectivity index is 1.96. The zero-order valence-corrected chi connectivity index (χ0v) is 15.3. The highest BCUT2D eigenvalue weighted by Crippen LogP contribution is 2.25. The minimum Gasteiger partial charge on any atom is -0.497 e. The number of hydrogen-bond acceptors (Lipinski definition) is 7. The Labute approximate surface area is 157 Å². The van der Waals surface area contributed by atoms with Crippen molar-refractivity contribution in [2.75, 3.05) is 39.3 Å². The van der Waals surface area contributed by atoms with Crippen molar-refractivity contribution in [2.45, 2.75) is 6.42 Å². The molecule has 0 amide bonds. The van der Waals surface area contributed by atoms with E-state index < -0.39 is 10.9 Å². The Morgan fingerprint density at radius 2 is 1.85 bits per heavy atom. The molecule has 0 aliphatic heterocycles. The molecule has 27 heavy (non-hydrogen) atoms. The highest BCUT2D eigenvalue weighted by atomic mass is 16.6. The summed E-state index contributed by atoms with van der Waals surface area (Å²) in [6.45, 7) is 1.00. The van der Waals surface area contributed by atoms with Gasteiger partial charge in [0.05, 0.1) is 30.8 Å². The van der Waals surface area contributed by atoms with Crippen molar-refractivity contribution in [3.8, 4) is 5.75 Å². The minimum absolute atomic E-state index is 0.133. The maximum atomic E-state index is 12.2. The van der Waals surface area contributed by atoms with Gasteiger partial charge in [-0.3, -0.25) is 10.1 Å². The lowest BCUT2D eigenvalue weighted by molar-refractivity contribution is -0.384. The van der Waals surface area contributed by atoms with Crippen LogP contribution in [0.3, 0.4) is 0 Å². The summed E-state index contributed by atoms with van der Waals surface area (Å²) in [4.78, 5) is 22.9. The molecule has 0 saturated heterocycles. The number of nitro benzene ring substituents is 1. The fraction of sp³-hybridized carbons (Fsp3) is 0.316. The predicted molar refractivity (Wildman–Crippen MR) is 100 cm³/mol. The molecule has 2 aromatic carbocycles. The molecule has 0 heterocycles. The van der Waals surface area contributed by atoms with Gasteiger partial charge < -0.3 is 19.5 Å². The minimum atomic E-state index is -0.602. The van der Waals surface area contributed by atoms with Crippen molar-refractivity contribution < 1.29 is 23.9 Å². The fourth-order valence-electron chi connectivity index (χ4n) is 2.38. The normalized spacial score (nSPS) is 10.3. The van der Waals surface area contributed by atoms with Crippen LogP contribution < -0.4 is 10.1 Å². The molecule has 0 saturated carbocycles. The number of methoxy groups -OCH3 is 2. The molecule has 0 spiro atoms. The van der Waals surface area contributed by atoms with Gasteiger partial charge in [-0.1, -0.05) is 12.1 Å². The van der Waals surface area contributed by atoms with Gasteiger partial charge in [0.1, 0.15) is 11.4 Å². The number of carbonyl (C=O) groups excluding carboxylic acids is 1. The van der Waals surface area contributed by atoms with Gasteiger partial charge in [-0.2, -0.15) is 0 Å². The summed E-state index contributed by atoms with van der Waals surface area (Å²) in [5, 5.41) is 14.2. The van der Waals surface area contributed by atoms with Crippen LogP contribution in [0.1, 0.15) is 15.9 Å². The molecule has 144 valence electrons. The van der Waals surface area contributed by atoms with E-state index in [-0.39, 0.29) is 17.9 Å². The SMILES string of the molecule is COCCNc1ccc(C(=O)OCCc2ccc(OC)cc2)cc1[N+](=O)[O-]. The summed E-state index contributed by atoms with van der Waals surface area (Å²) in [5.74, 6) is 0.150. The lowest BCUT2D eigenvalue weighted by Gasteiger charge is -2.09.